The minimum atomic E-state index is -1.39. The number of allylic oxidation sites excluding steroid dienone is 1. The van der Waals surface area contributed by atoms with Gasteiger partial charge < -0.3 is 20.3 Å². The third-order valence-electron chi connectivity index (χ3n) is 7.88. The first kappa shape index (κ1) is 19.8. The Balaban J connectivity index is 1.88. The van der Waals surface area contributed by atoms with E-state index >= 15 is 0 Å². The summed E-state index contributed by atoms with van der Waals surface area (Å²) in [7, 11) is 0. The Bertz CT molecular complexity index is 788. The topological polar surface area (TPSA) is 99.2 Å². The smallest absolute Gasteiger partial charge is 0.235 e. The van der Waals surface area contributed by atoms with Crippen LogP contribution in [0.15, 0.2) is 23.3 Å². The lowest BCUT2D eigenvalue weighted by molar-refractivity contribution is -0.149. The van der Waals surface area contributed by atoms with Crippen molar-refractivity contribution in [3.63, 3.8) is 0 Å². The van der Waals surface area contributed by atoms with E-state index in [4.69, 9.17) is 4.74 Å². The first-order valence-corrected chi connectivity index (χ1v) is 10.3. The Morgan fingerprint density at radius 2 is 1.86 bits per heavy atom. The number of hydrogen-bond acceptors (Lipinski definition) is 5. The van der Waals surface area contributed by atoms with Gasteiger partial charge in [0, 0.05) is 24.3 Å². The fourth-order valence-electron chi connectivity index (χ4n) is 6.06. The summed E-state index contributed by atoms with van der Waals surface area (Å²) < 4.78 is 5.81. The average molecular weight is 389 g/mol. The van der Waals surface area contributed by atoms with Crippen LogP contribution in [0.25, 0.3) is 0 Å². The van der Waals surface area contributed by atoms with E-state index in [1.165, 1.54) is 0 Å². The maximum absolute atomic E-state index is 13.7. The van der Waals surface area contributed by atoms with Crippen molar-refractivity contribution in [2.24, 2.45) is 23.2 Å². The molecule has 1 spiro atoms. The van der Waals surface area contributed by atoms with Gasteiger partial charge in [-0.15, -0.1) is 0 Å². The number of ether oxygens (including phenoxy) is 1. The van der Waals surface area contributed by atoms with E-state index in [0.29, 0.717) is 6.42 Å². The first-order valence-electron chi connectivity index (χ1n) is 10.3. The summed E-state index contributed by atoms with van der Waals surface area (Å²) in [6.45, 7) is 9.58. The van der Waals surface area contributed by atoms with Crippen molar-refractivity contribution in [3.8, 4) is 0 Å². The summed E-state index contributed by atoms with van der Waals surface area (Å²) in [6, 6.07) is -0.212. The summed E-state index contributed by atoms with van der Waals surface area (Å²) in [5.41, 5.74) is -0.438. The molecule has 6 nitrogen and oxygen atoms in total. The second kappa shape index (κ2) is 6.25. The number of amides is 1. The average Bonchev–Trinajstić information content (AvgIpc) is 3.25. The van der Waals surface area contributed by atoms with Crippen molar-refractivity contribution < 1.29 is 24.5 Å². The van der Waals surface area contributed by atoms with Crippen LogP contribution in [-0.2, 0) is 14.3 Å². The molecule has 0 saturated carbocycles. The highest BCUT2D eigenvalue weighted by Crippen LogP contribution is 2.56. The quantitative estimate of drug-likeness (QED) is 0.331. The largest absolute Gasteiger partial charge is 0.390 e. The molecule has 2 saturated heterocycles. The maximum Gasteiger partial charge on any atom is 0.235 e. The van der Waals surface area contributed by atoms with Crippen LogP contribution in [-0.4, -0.2) is 51.9 Å². The zero-order valence-electron chi connectivity index (χ0n) is 17.2. The molecule has 2 aliphatic carbocycles. The predicted molar refractivity (Wildman–Crippen MR) is 103 cm³/mol. The number of Topliss-reactive ketones (excluding diaryl/α,β-unsaturated/α-hetero) is 1. The molecular formula is C22H31NO5. The lowest BCUT2D eigenvalue weighted by atomic mass is 9.55. The van der Waals surface area contributed by atoms with Crippen molar-refractivity contribution in [1.29, 1.82) is 0 Å². The van der Waals surface area contributed by atoms with Crippen LogP contribution in [0.1, 0.15) is 47.5 Å². The van der Waals surface area contributed by atoms with Gasteiger partial charge in [-0.05, 0) is 45.6 Å². The molecule has 4 rings (SSSR count). The van der Waals surface area contributed by atoms with Crippen LogP contribution < -0.4 is 5.32 Å². The summed E-state index contributed by atoms with van der Waals surface area (Å²) in [5, 5.41) is 24.9. The number of fused-ring (bicyclic) bond motifs is 1. The fourth-order valence-corrected chi connectivity index (χ4v) is 6.06. The highest BCUT2D eigenvalue weighted by atomic mass is 16.6. The van der Waals surface area contributed by atoms with E-state index in [0.717, 1.165) is 11.1 Å². The van der Waals surface area contributed by atoms with Gasteiger partial charge in [-0.3, -0.25) is 9.59 Å². The van der Waals surface area contributed by atoms with E-state index in [-0.39, 0.29) is 42.1 Å². The van der Waals surface area contributed by atoms with Crippen molar-refractivity contribution in [3.05, 3.63) is 23.3 Å². The Hall–Kier alpha value is -1.50. The zero-order valence-corrected chi connectivity index (χ0v) is 17.2. The van der Waals surface area contributed by atoms with Crippen molar-refractivity contribution in [1.82, 2.24) is 5.32 Å². The monoisotopic (exact) mass is 389 g/mol. The Kier molecular flexibility index (Phi) is 4.42. The molecule has 0 aromatic rings. The van der Waals surface area contributed by atoms with Gasteiger partial charge in [0.15, 0.2) is 5.78 Å². The minimum absolute atomic E-state index is 0.115. The number of carbonyl (C=O) groups excluding carboxylic acids is 2. The normalized spacial score (nSPS) is 51.0. The minimum Gasteiger partial charge on any atom is -0.390 e. The molecule has 4 aliphatic rings. The number of carbonyl (C=O) groups is 2. The van der Waals surface area contributed by atoms with E-state index in [1.54, 1.807) is 0 Å². The highest BCUT2D eigenvalue weighted by Gasteiger charge is 2.68. The number of aliphatic hydroxyl groups is 2. The molecule has 0 aromatic heterocycles. The number of aliphatic hydroxyl groups excluding tert-OH is 2. The molecule has 2 fully saturated rings. The van der Waals surface area contributed by atoms with Gasteiger partial charge in [-0.1, -0.05) is 24.6 Å². The molecule has 9 atom stereocenters. The third-order valence-corrected chi connectivity index (χ3v) is 7.88. The molecule has 28 heavy (non-hydrogen) atoms. The molecule has 0 bridgehead atoms. The number of ketones is 1. The Morgan fingerprint density at radius 1 is 1.18 bits per heavy atom. The SMILES string of the molecule is CC1=C(C)[C@H]2[C@H](C)NC(=O)[C@]23C(=O)C[C@H](O)[C@]2(C)O[C@@H]2[C@@H](C)CC=C[C@H]3[C@@H]1O. The second-order valence-electron chi connectivity index (χ2n) is 9.45. The number of rotatable bonds is 0. The number of nitrogens with one attached hydrogen (secondary N) is 1. The molecule has 2 aliphatic heterocycles. The summed E-state index contributed by atoms with van der Waals surface area (Å²) in [4.78, 5) is 27.0. The summed E-state index contributed by atoms with van der Waals surface area (Å²) in [6.07, 6.45) is 2.38. The molecule has 154 valence electrons. The van der Waals surface area contributed by atoms with E-state index in [2.05, 4.69) is 12.2 Å². The Labute approximate surface area is 166 Å². The standard InChI is InChI=1S/C22H31NO5/c1-10-7-6-8-14-18(26)12(3)11(2)17-13(4)23-20(27)22(14,17)16(25)9-15(24)21(5)19(10)28-21/h6,8,10,13-15,17-19,24,26H,7,9H2,1-5H3,(H,23,27)/t10-,13-,14-,15-,17-,18+,19+,21-,22+/m0/s1. The van der Waals surface area contributed by atoms with Crippen LogP contribution in [0.4, 0.5) is 0 Å². The van der Waals surface area contributed by atoms with E-state index in [9.17, 15) is 19.8 Å². The van der Waals surface area contributed by atoms with Crippen molar-refractivity contribution in [2.45, 2.75) is 77.4 Å². The van der Waals surface area contributed by atoms with Gasteiger partial charge in [0.2, 0.25) is 5.91 Å². The highest BCUT2D eigenvalue weighted by molar-refractivity contribution is 6.09. The van der Waals surface area contributed by atoms with Gasteiger partial charge in [0.1, 0.15) is 11.0 Å². The van der Waals surface area contributed by atoms with Gasteiger partial charge in [0.25, 0.3) is 0 Å². The van der Waals surface area contributed by atoms with Gasteiger partial charge in [0.05, 0.1) is 18.3 Å². The molecule has 6 heteroatoms. The van der Waals surface area contributed by atoms with Crippen molar-refractivity contribution in [2.75, 3.05) is 0 Å². The fraction of sp³-hybridized carbons (Fsp3) is 0.727. The van der Waals surface area contributed by atoms with E-state index in [1.807, 2.05) is 39.8 Å². The van der Waals surface area contributed by atoms with Crippen LogP contribution in [0.2, 0.25) is 0 Å². The van der Waals surface area contributed by atoms with Gasteiger partial charge in [-0.2, -0.15) is 0 Å². The molecule has 0 radical (unpaired) electrons. The maximum atomic E-state index is 13.7. The zero-order chi connectivity index (χ0) is 20.6. The lowest BCUT2D eigenvalue weighted by Crippen LogP contribution is -2.56. The van der Waals surface area contributed by atoms with Crippen LogP contribution in [0.3, 0.4) is 0 Å². The van der Waals surface area contributed by atoms with Gasteiger partial charge >= 0.3 is 0 Å². The van der Waals surface area contributed by atoms with Crippen LogP contribution in [0, 0.1) is 23.2 Å². The van der Waals surface area contributed by atoms with E-state index < -0.39 is 29.1 Å². The first-order chi connectivity index (χ1) is 13.1. The lowest BCUT2D eigenvalue weighted by Gasteiger charge is -2.46. The molecular weight excluding hydrogens is 358 g/mol. The summed E-state index contributed by atoms with van der Waals surface area (Å²) >= 11 is 0. The number of epoxide rings is 1. The molecule has 0 aromatic carbocycles. The van der Waals surface area contributed by atoms with Crippen LogP contribution in [0.5, 0.6) is 0 Å². The van der Waals surface area contributed by atoms with Gasteiger partial charge in [-0.25, -0.2) is 0 Å². The van der Waals surface area contributed by atoms with Crippen LogP contribution >= 0.6 is 0 Å². The number of hydrogen-bond donors (Lipinski definition) is 3. The van der Waals surface area contributed by atoms with Crippen molar-refractivity contribution >= 4 is 11.7 Å². The summed E-state index contributed by atoms with van der Waals surface area (Å²) in [5.74, 6) is -1.45. The third kappa shape index (κ3) is 2.37. The second-order valence-corrected chi connectivity index (χ2v) is 9.45. The molecule has 1 amide bonds. The predicted octanol–water partition coefficient (Wildman–Crippen LogP) is 1.51. The molecule has 0 unspecified atom stereocenters. The Morgan fingerprint density at radius 3 is 2.54 bits per heavy atom. The molecule has 3 N–H and O–H groups in total. The molecule has 2 heterocycles.